The van der Waals surface area contributed by atoms with Gasteiger partial charge in [-0.3, -0.25) is 0 Å². The van der Waals surface area contributed by atoms with E-state index in [1.807, 2.05) is 0 Å². The standard InChI is InChI=1S/C12H14ClN/c13-11-7-9-3-1-5-14-6-2-4-10(8-11)12(9)14/h7-8H,1-6H2. The molecule has 0 spiro atoms. The highest BCUT2D eigenvalue weighted by atomic mass is 35.5. The van der Waals surface area contributed by atoms with Crippen molar-refractivity contribution in [3.05, 3.63) is 28.3 Å². The van der Waals surface area contributed by atoms with Gasteiger partial charge in [0.1, 0.15) is 0 Å². The van der Waals surface area contributed by atoms with Crippen LogP contribution in [0.3, 0.4) is 0 Å². The third kappa shape index (κ3) is 1.23. The molecule has 1 aromatic carbocycles. The van der Waals surface area contributed by atoms with E-state index in [-0.39, 0.29) is 0 Å². The summed E-state index contributed by atoms with van der Waals surface area (Å²) in [5.41, 5.74) is 4.45. The lowest BCUT2D eigenvalue weighted by atomic mass is 9.92. The molecule has 2 heteroatoms. The number of hydrogen-bond donors (Lipinski definition) is 0. The Kier molecular flexibility index (Phi) is 1.94. The van der Waals surface area contributed by atoms with Crippen molar-refractivity contribution in [2.45, 2.75) is 25.7 Å². The molecule has 2 aliphatic heterocycles. The first kappa shape index (κ1) is 8.60. The summed E-state index contributed by atoms with van der Waals surface area (Å²) in [6, 6.07) is 4.30. The molecule has 1 nitrogen and oxygen atoms in total. The van der Waals surface area contributed by atoms with Gasteiger partial charge in [0, 0.05) is 23.8 Å². The topological polar surface area (TPSA) is 3.24 Å². The molecule has 0 fully saturated rings. The number of aryl methyl sites for hydroxylation is 2. The van der Waals surface area contributed by atoms with Gasteiger partial charge in [-0.25, -0.2) is 0 Å². The summed E-state index contributed by atoms with van der Waals surface area (Å²) in [5, 5.41) is 0.919. The number of halogens is 1. The zero-order valence-electron chi connectivity index (χ0n) is 8.22. The zero-order valence-corrected chi connectivity index (χ0v) is 8.98. The summed E-state index contributed by atoms with van der Waals surface area (Å²) in [5.74, 6) is 0. The minimum atomic E-state index is 0.919. The monoisotopic (exact) mass is 207 g/mol. The predicted octanol–water partition coefficient (Wildman–Crippen LogP) is 3.04. The molecule has 0 bridgehead atoms. The summed E-state index contributed by atoms with van der Waals surface area (Å²) in [7, 11) is 0. The largest absolute Gasteiger partial charge is 0.371 e. The average Bonchev–Trinajstić information content (AvgIpc) is 2.18. The SMILES string of the molecule is Clc1cc2c3c(c1)CCCN3CCC2. The van der Waals surface area contributed by atoms with Crippen molar-refractivity contribution in [1.29, 1.82) is 0 Å². The van der Waals surface area contributed by atoms with Crippen molar-refractivity contribution in [1.82, 2.24) is 0 Å². The van der Waals surface area contributed by atoms with Crippen molar-refractivity contribution >= 4 is 17.3 Å². The van der Waals surface area contributed by atoms with Gasteiger partial charge in [0.2, 0.25) is 0 Å². The van der Waals surface area contributed by atoms with Crippen LogP contribution in [0.25, 0.3) is 0 Å². The quantitative estimate of drug-likeness (QED) is 0.632. The highest BCUT2D eigenvalue weighted by Gasteiger charge is 2.23. The van der Waals surface area contributed by atoms with Gasteiger partial charge in [0.15, 0.2) is 0 Å². The number of rotatable bonds is 0. The number of anilines is 1. The molecule has 0 aliphatic carbocycles. The summed E-state index contributed by atoms with van der Waals surface area (Å²) in [6.07, 6.45) is 4.98. The summed E-state index contributed by atoms with van der Waals surface area (Å²) < 4.78 is 0. The average molecular weight is 208 g/mol. The van der Waals surface area contributed by atoms with Gasteiger partial charge in [-0.1, -0.05) is 11.6 Å². The molecule has 1 aromatic rings. The van der Waals surface area contributed by atoms with Crippen molar-refractivity contribution < 1.29 is 0 Å². The van der Waals surface area contributed by atoms with Gasteiger partial charge in [0.05, 0.1) is 0 Å². The van der Waals surface area contributed by atoms with Crippen LogP contribution in [0.5, 0.6) is 0 Å². The van der Waals surface area contributed by atoms with E-state index in [2.05, 4.69) is 17.0 Å². The molecule has 74 valence electrons. The Labute approximate surface area is 89.7 Å². The van der Waals surface area contributed by atoms with Crippen LogP contribution in [0.2, 0.25) is 5.02 Å². The Morgan fingerprint density at radius 2 is 1.57 bits per heavy atom. The van der Waals surface area contributed by atoms with E-state index in [1.165, 1.54) is 55.6 Å². The molecular formula is C12H14ClN. The summed E-state index contributed by atoms with van der Waals surface area (Å²) in [6.45, 7) is 2.48. The molecule has 0 saturated carbocycles. The first-order valence-electron chi connectivity index (χ1n) is 5.41. The molecule has 0 radical (unpaired) electrons. The first-order chi connectivity index (χ1) is 6.84. The molecule has 0 atom stereocenters. The molecule has 14 heavy (non-hydrogen) atoms. The fourth-order valence-electron chi connectivity index (χ4n) is 2.76. The number of nitrogens with zero attached hydrogens (tertiary/aromatic N) is 1. The van der Waals surface area contributed by atoms with Crippen LogP contribution in [-0.2, 0) is 12.8 Å². The van der Waals surface area contributed by atoms with Gasteiger partial charge in [0.25, 0.3) is 0 Å². The predicted molar refractivity (Wildman–Crippen MR) is 60.3 cm³/mol. The molecule has 2 aliphatic rings. The van der Waals surface area contributed by atoms with Crippen molar-refractivity contribution in [3.8, 4) is 0 Å². The Bertz CT molecular complexity index is 342. The normalized spacial score (nSPS) is 19.4. The second-order valence-electron chi connectivity index (χ2n) is 4.27. The minimum absolute atomic E-state index is 0.919. The summed E-state index contributed by atoms with van der Waals surface area (Å²) in [4.78, 5) is 2.54. The fourth-order valence-corrected chi connectivity index (χ4v) is 3.02. The Morgan fingerprint density at radius 3 is 2.14 bits per heavy atom. The lowest BCUT2D eigenvalue weighted by molar-refractivity contribution is 0.634. The second-order valence-corrected chi connectivity index (χ2v) is 4.70. The Balaban J connectivity index is 2.20. The van der Waals surface area contributed by atoms with Crippen molar-refractivity contribution in [3.63, 3.8) is 0 Å². The van der Waals surface area contributed by atoms with E-state index in [0.717, 1.165) is 5.02 Å². The van der Waals surface area contributed by atoms with E-state index in [9.17, 15) is 0 Å². The first-order valence-corrected chi connectivity index (χ1v) is 5.78. The third-order valence-electron chi connectivity index (χ3n) is 3.30. The maximum Gasteiger partial charge on any atom is 0.0432 e. The molecule has 0 aromatic heterocycles. The molecule has 2 heterocycles. The van der Waals surface area contributed by atoms with Crippen LogP contribution in [-0.4, -0.2) is 13.1 Å². The van der Waals surface area contributed by atoms with Crippen molar-refractivity contribution in [2.75, 3.05) is 18.0 Å². The molecule has 0 saturated heterocycles. The summed E-state index contributed by atoms with van der Waals surface area (Å²) >= 11 is 6.11. The van der Waals surface area contributed by atoms with Crippen LogP contribution in [0.1, 0.15) is 24.0 Å². The molecule has 0 N–H and O–H groups in total. The van der Waals surface area contributed by atoms with Gasteiger partial charge in [-0.05, 0) is 48.9 Å². The molecule has 0 unspecified atom stereocenters. The van der Waals surface area contributed by atoms with E-state index in [0.29, 0.717) is 0 Å². The Morgan fingerprint density at radius 1 is 1.00 bits per heavy atom. The minimum Gasteiger partial charge on any atom is -0.371 e. The lowest BCUT2D eigenvalue weighted by Gasteiger charge is -2.36. The van der Waals surface area contributed by atoms with Crippen LogP contribution >= 0.6 is 11.6 Å². The van der Waals surface area contributed by atoms with Crippen LogP contribution in [0.15, 0.2) is 12.1 Å². The Hall–Kier alpha value is -0.690. The fraction of sp³-hybridized carbons (Fsp3) is 0.500. The van der Waals surface area contributed by atoms with Gasteiger partial charge in [-0.15, -0.1) is 0 Å². The van der Waals surface area contributed by atoms with E-state index in [1.54, 1.807) is 0 Å². The molecular weight excluding hydrogens is 194 g/mol. The second kappa shape index (κ2) is 3.16. The van der Waals surface area contributed by atoms with E-state index < -0.39 is 0 Å². The number of benzene rings is 1. The smallest absolute Gasteiger partial charge is 0.0432 e. The molecule has 3 rings (SSSR count). The maximum atomic E-state index is 6.11. The van der Waals surface area contributed by atoms with E-state index >= 15 is 0 Å². The molecule has 0 amide bonds. The van der Waals surface area contributed by atoms with Gasteiger partial charge >= 0.3 is 0 Å². The van der Waals surface area contributed by atoms with Gasteiger partial charge < -0.3 is 4.90 Å². The highest BCUT2D eigenvalue weighted by molar-refractivity contribution is 6.30. The third-order valence-corrected chi connectivity index (χ3v) is 3.52. The van der Waals surface area contributed by atoms with Crippen molar-refractivity contribution in [2.24, 2.45) is 0 Å². The van der Waals surface area contributed by atoms with Crippen LogP contribution < -0.4 is 4.90 Å². The van der Waals surface area contributed by atoms with Gasteiger partial charge in [-0.2, -0.15) is 0 Å². The van der Waals surface area contributed by atoms with E-state index in [4.69, 9.17) is 11.6 Å². The number of hydrogen-bond acceptors (Lipinski definition) is 1. The highest BCUT2D eigenvalue weighted by Crippen LogP contribution is 2.36. The van der Waals surface area contributed by atoms with Crippen LogP contribution in [0.4, 0.5) is 5.69 Å². The lowest BCUT2D eigenvalue weighted by Crippen LogP contribution is -2.34. The maximum absolute atomic E-state index is 6.11. The zero-order chi connectivity index (χ0) is 9.54. The van der Waals surface area contributed by atoms with Crippen LogP contribution in [0, 0.1) is 0 Å².